The van der Waals surface area contributed by atoms with E-state index in [1.165, 1.54) is 0 Å². The number of halogens is 1. The number of aromatic nitrogens is 2. The Labute approximate surface area is 165 Å². The van der Waals surface area contributed by atoms with E-state index in [-0.39, 0.29) is 6.61 Å². The van der Waals surface area contributed by atoms with E-state index in [1.807, 2.05) is 0 Å². The maximum absolute atomic E-state index is 12.8. The quantitative estimate of drug-likeness (QED) is 0.607. The highest BCUT2D eigenvalue weighted by Gasteiger charge is 2.29. The summed E-state index contributed by atoms with van der Waals surface area (Å²) in [6.07, 6.45) is 2.13. The lowest BCUT2D eigenvalue weighted by molar-refractivity contribution is 0.0474. The Kier molecular flexibility index (Phi) is 4.12. The number of benzene rings is 1. The number of rotatable bonds is 4. The van der Waals surface area contributed by atoms with Crippen LogP contribution in [0.3, 0.4) is 0 Å². The first kappa shape index (κ1) is 17.3. The van der Waals surface area contributed by atoms with Crippen molar-refractivity contribution in [3.8, 4) is 11.5 Å². The van der Waals surface area contributed by atoms with Crippen LogP contribution in [0.2, 0.25) is 5.02 Å². The van der Waals surface area contributed by atoms with E-state index in [9.17, 15) is 4.79 Å². The number of esters is 1. The number of carbonyl (C=O) groups is 1. The van der Waals surface area contributed by atoms with Gasteiger partial charge in [0.05, 0.1) is 21.7 Å². The van der Waals surface area contributed by atoms with Crippen LogP contribution in [-0.4, -0.2) is 29.3 Å². The van der Waals surface area contributed by atoms with Crippen molar-refractivity contribution in [2.45, 2.75) is 32.3 Å². The number of aryl methyl sites for hydroxylation is 1. The number of pyridine rings is 1. The molecule has 0 amide bonds. The fourth-order valence-corrected chi connectivity index (χ4v) is 3.63. The lowest BCUT2D eigenvalue weighted by Gasteiger charge is -2.20. The summed E-state index contributed by atoms with van der Waals surface area (Å²) in [5.41, 5.74) is 2.97. The van der Waals surface area contributed by atoms with Crippen LogP contribution in [0.5, 0.6) is 11.5 Å². The Hall–Kier alpha value is -2.80. The molecule has 2 aromatic heterocycles. The second-order valence-electron chi connectivity index (χ2n) is 7.00. The van der Waals surface area contributed by atoms with Crippen molar-refractivity contribution >= 4 is 28.7 Å². The fraction of sp³-hybridized carbons (Fsp3) is 0.350. The highest BCUT2D eigenvalue weighted by molar-refractivity contribution is 6.32. The van der Waals surface area contributed by atoms with E-state index in [0.29, 0.717) is 58.0 Å². The van der Waals surface area contributed by atoms with Crippen LogP contribution in [0.25, 0.3) is 11.1 Å². The Bertz CT molecular complexity index is 1090. The lowest BCUT2D eigenvalue weighted by Crippen LogP contribution is -2.16. The van der Waals surface area contributed by atoms with Crippen molar-refractivity contribution in [3.05, 3.63) is 45.7 Å². The van der Waals surface area contributed by atoms with E-state index in [2.05, 4.69) is 10.1 Å². The van der Waals surface area contributed by atoms with Gasteiger partial charge in [-0.3, -0.25) is 0 Å². The predicted octanol–water partition coefficient (Wildman–Crippen LogP) is 4.19. The van der Waals surface area contributed by atoms with Gasteiger partial charge in [0.2, 0.25) is 0 Å². The molecule has 8 heteroatoms. The maximum Gasteiger partial charge on any atom is 0.339 e. The van der Waals surface area contributed by atoms with E-state index < -0.39 is 5.97 Å². The van der Waals surface area contributed by atoms with Gasteiger partial charge in [0.15, 0.2) is 11.5 Å². The van der Waals surface area contributed by atoms with Crippen LogP contribution in [0.4, 0.5) is 0 Å². The molecule has 1 fully saturated rings. The number of hydrogen-bond acceptors (Lipinski definition) is 7. The molecule has 1 aromatic carbocycles. The van der Waals surface area contributed by atoms with Crippen LogP contribution < -0.4 is 9.47 Å². The molecule has 0 unspecified atom stereocenters. The van der Waals surface area contributed by atoms with Crippen LogP contribution in [0.1, 0.15) is 46.1 Å². The van der Waals surface area contributed by atoms with Crippen molar-refractivity contribution in [1.82, 2.24) is 10.1 Å². The summed E-state index contributed by atoms with van der Waals surface area (Å²) in [4.78, 5) is 17.3. The lowest BCUT2D eigenvalue weighted by atomic mass is 10.1. The zero-order valence-corrected chi connectivity index (χ0v) is 15.9. The molecule has 0 N–H and O–H groups in total. The third-order valence-electron chi connectivity index (χ3n) is 4.88. The molecular formula is C20H17ClN2O5. The molecule has 3 aromatic rings. The van der Waals surface area contributed by atoms with Gasteiger partial charge in [0.25, 0.3) is 5.71 Å². The smallest absolute Gasteiger partial charge is 0.339 e. The molecule has 0 saturated heterocycles. The first-order valence-electron chi connectivity index (χ1n) is 9.12. The van der Waals surface area contributed by atoms with Crippen molar-refractivity contribution < 1.29 is 23.5 Å². The predicted molar refractivity (Wildman–Crippen MR) is 100 cm³/mol. The zero-order valence-electron chi connectivity index (χ0n) is 15.2. The van der Waals surface area contributed by atoms with E-state index in [1.54, 1.807) is 25.1 Å². The summed E-state index contributed by atoms with van der Waals surface area (Å²) in [7, 11) is 0. The molecular weight excluding hydrogens is 384 g/mol. The average Bonchev–Trinajstić information content (AvgIpc) is 3.49. The van der Waals surface area contributed by atoms with Crippen LogP contribution in [-0.2, 0) is 11.3 Å². The first-order chi connectivity index (χ1) is 13.6. The molecule has 0 bridgehead atoms. The number of ether oxygens (including phenoxy) is 3. The highest BCUT2D eigenvalue weighted by atomic mass is 35.5. The van der Waals surface area contributed by atoms with Gasteiger partial charge in [0, 0.05) is 11.6 Å². The van der Waals surface area contributed by atoms with Gasteiger partial charge >= 0.3 is 5.97 Å². The molecule has 0 atom stereocenters. The number of fused-ring (bicyclic) bond motifs is 2. The summed E-state index contributed by atoms with van der Waals surface area (Å²) in [6, 6.07) is 5.28. The minimum atomic E-state index is -0.452. The average molecular weight is 401 g/mol. The molecule has 2 aliphatic rings. The zero-order chi connectivity index (χ0) is 19.3. The monoisotopic (exact) mass is 400 g/mol. The summed E-state index contributed by atoms with van der Waals surface area (Å²) in [5, 5.41) is 4.97. The number of nitrogens with zero attached hydrogens (tertiary/aromatic N) is 2. The summed E-state index contributed by atoms with van der Waals surface area (Å²) in [6.45, 7) is 2.75. The Morgan fingerprint density at radius 1 is 1.25 bits per heavy atom. The third kappa shape index (κ3) is 3.05. The van der Waals surface area contributed by atoms with Gasteiger partial charge in [-0.25, -0.2) is 9.78 Å². The molecule has 144 valence electrons. The Balaban J connectivity index is 1.42. The molecule has 5 rings (SSSR count). The van der Waals surface area contributed by atoms with Gasteiger partial charge in [0.1, 0.15) is 19.8 Å². The Morgan fingerprint density at radius 2 is 2.07 bits per heavy atom. The Morgan fingerprint density at radius 3 is 2.89 bits per heavy atom. The second-order valence-corrected chi connectivity index (χ2v) is 7.40. The van der Waals surface area contributed by atoms with E-state index in [0.717, 1.165) is 24.1 Å². The minimum Gasteiger partial charge on any atom is -0.486 e. The van der Waals surface area contributed by atoms with Gasteiger partial charge in [-0.2, -0.15) is 0 Å². The molecule has 1 aliphatic carbocycles. The van der Waals surface area contributed by atoms with Gasteiger partial charge in [-0.15, -0.1) is 0 Å². The van der Waals surface area contributed by atoms with Gasteiger partial charge < -0.3 is 18.7 Å². The van der Waals surface area contributed by atoms with Crippen molar-refractivity contribution in [3.63, 3.8) is 0 Å². The molecule has 1 aliphatic heterocycles. The maximum atomic E-state index is 12.8. The van der Waals surface area contributed by atoms with Crippen LogP contribution in [0, 0.1) is 6.92 Å². The standard InChI is InChI=1S/C20H17ClN2O5/c1-10-17-13(8-15(12-2-3-12)22-19(17)28-23-10)20(24)27-9-11-6-14(21)18-16(7-11)25-4-5-26-18/h6-8,12H,2-5,9H2,1H3. The third-order valence-corrected chi connectivity index (χ3v) is 5.16. The highest BCUT2D eigenvalue weighted by Crippen LogP contribution is 2.41. The topological polar surface area (TPSA) is 83.7 Å². The molecule has 28 heavy (non-hydrogen) atoms. The summed E-state index contributed by atoms with van der Waals surface area (Å²) < 4.78 is 21.9. The normalized spacial score (nSPS) is 15.6. The molecule has 7 nitrogen and oxygen atoms in total. The van der Waals surface area contributed by atoms with Crippen molar-refractivity contribution in [1.29, 1.82) is 0 Å². The summed E-state index contributed by atoms with van der Waals surface area (Å²) >= 11 is 6.25. The molecule has 0 spiro atoms. The minimum absolute atomic E-state index is 0.0576. The SMILES string of the molecule is Cc1noc2nc(C3CC3)cc(C(=O)OCc3cc(Cl)c4c(c3)OCCO4)c12. The molecule has 1 saturated carbocycles. The van der Waals surface area contributed by atoms with Gasteiger partial charge in [-0.05, 0) is 43.5 Å². The summed E-state index contributed by atoms with van der Waals surface area (Å²) in [5.74, 6) is 1.000. The van der Waals surface area contributed by atoms with Gasteiger partial charge in [-0.1, -0.05) is 16.8 Å². The van der Waals surface area contributed by atoms with Crippen LogP contribution >= 0.6 is 11.6 Å². The van der Waals surface area contributed by atoms with Crippen LogP contribution in [0.15, 0.2) is 22.7 Å². The van der Waals surface area contributed by atoms with E-state index in [4.69, 9.17) is 30.3 Å². The van der Waals surface area contributed by atoms with Crippen molar-refractivity contribution in [2.24, 2.45) is 0 Å². The number of carbonyl (C=O) groups excluding carboxylic acids is 1. The molecule has 0 radical (unpaired) electrons. The fourth-order valence-electron chi connectivity index (χ4n) is 3.34. The molecule has 3 heterocycles. The second kappa shape index (κ2) is 6.67. The largest absolute Gasteiger partial charge is 0.486 e. The van der Waals surface area contributed by atoms with Crippen molar-refractivity contribution in [2.75, 3.05) is 13.2 Å². The van der Waals surface area contributed by atoms with E-state index >= 15 is 0 Å². The first-order valence-corrected chi connectivity index (χ1v) is 9.50. The number of hydrogen-bond donors (Lipinski definition) is 0.